The predicted octanol–water partition coefficient (Wildman–Crippen LogP) is 16.0. The van der Waals surface area contributed by atoms with E-state index in [2.05, 4.69) is 229 Å². The highest BCUT2D eigenvalue weighted by molar-refractivity contribution is 6.17. The van der Waals surface area contributed by atoms with Crippen LogP contribution >= 0.6 is 0 Å². The fraction of sp³-hybridized carbons (Fsp3) is 0. The van der Waals surface area contributed by atoms with Gasteiger partial charge in [0.1, 0.15) is 11.2 Å². The monoisotopic (exact) mass is 739 g/mol. The van der Waals surface area contributed by atoms with Gasteiger partial charge in [-0.25, -0.2) is 0 Å². The first-order valence-electron chi connectivity index (χ1n) is 19.8. The molecule has 0 aliphatic rings. The van der Waals surface area contributed by atoms with E-state index in [0.717, 1.165) is 50.1 Å². The normalized spacial score (nSPS) is 11.4. The van der Waals surface area contributed by atoms with Crippen LogP contribution in [0.5, 0.6) is 0 Å². The molecule has 11 rings (SSSR count). The van der Waals surface area contributed by atoms with Crippen LogP contribution in [0.15, 0.2) is 229 Å². The van der Waals surface area contributed by atoms with Crippen LogP contribution in [0.4, 0.5) is 17.1 Å². The number of para-hydroxylation sites is 1. The molecule has 11 aromatic rings. The number of anilines is 3. The third-order valence-electron chi connectivity index (χ3n) is 11.5. The van der Waals surface area contributed by atoms with Gasteiger partial charge in [-0.15, -0.1) is 0 Å². The molecule has 1 aromatic heterocycles. The van der Waals surface area contributed by atoms with Gasteiger partial charge < -0.3 is 9.32 Å². The van der Waals surface area contributed by atoms with Crippen molar-refractivity contribution in [2.45, 2.75) is 0 Å². The summed E-state index contributed by atoms with van der Waals surface area (Å²) in [6, 6.07) is 80.6. The molecule has 10 aromatic carbocycles. The van der Waals surface area contributed by atoms with Gasteiger partial charge in [-0.3, -0.25) is 0 Å². The van der Waals surface area contributed by atoms with E-state index in [0.29, 0.717) is 0 Å². The van der Waals surface area contributed by atoms with Gasteiger partial charge >= 0.3 is 0 Å². The lowest BCUT2D eigenvalue weighted by Gasteiger charge is -2.28. The smallest absolute Gasteiger partial charge is 0.145 e. The number of hydrogen-bond acceptors (Lipinski definition) is 2. The molecule has 0 unspecified atom stereocenters. The van der Waals surface area contributed by atoms with Crippen LogP contribution < -0.4 is 4.90 Å². The second kappa shape index (κ2) is 14.1. The van der Waals surface area contributed by atoms with E-state index in [1.165, 1.54) is 54.9 Å². The fourth-order valence-electron chi connectivity index (χ4n) is 8.66. The Balaban J connectivity index is 1.16. The summed E-state index contributed by atoms with van der Waals surface area (Å²) < 4.78 is 6.88. The molecule has 0 radical (unpaired) electrons. The van der Waals surface area contributed by atoms with E-state index in [9.17, 15) is 0 Å². The van der Waals surface area contributed by atoms with Crippen LogP contribution in [0.1, 0.15) is 0 Å². The van der Waals surface area contributed by atoms with Crippen molar-refractivity contribution in [3.05, 3.63) is 224 Å². The van der Waals surface area contributed by atoms with Crippen LogP contribution in [-0.2, 0) is 0 Å². The molecule has 0 aliphatic carbocycles. The highest BCUT2D eigenvalue weighted by atomic mass is 16.3. The first-order valence-corrected chi connectivity index (χ1v) is 19.8. The average Bonchev–Trinajstić information content (AvgIpc) is 3.70. The molecule has 2 heteroatoms. The third kappa shape index (κ3) is 5.82. The SMILES string of the molecule is c1ccc(-c2ccc(-c3ccc(N(c4ccc(-c5ccccc5)c(-c5ccccc5)c4)c4ccc5c(ccc6ccccc65)c4)c4c3oc3ccccc34)cc2)cc1. The van der Waals surface area contributed by atoms with E-state index in [1.54, 1.807) is 0 Å². The van der Waals surface area contributed by atoms with Crippen molar-refractivity contribution in [1.29, 1.82) is 0 Å². The average molecular weight is 740 g/mol. The van der Waals surface area contributed by atoms with Crippen molar-refractivity contribution >= 4 is 60.5 Å². The summed E-state index contributed by atoms with van der Waals surface area (Å²) in [5.74, 6) is 0. The Morgan fingerprint density at radius 1 is 0.310 bits per heavy atom. The quantitative estimate of drug-likeness (QED) is 0.151. The van der Waals surface area contributed by atoms with E-state index >= 15 is 0 Å². The topological polar surface area (TPSA) is 16.4 Å². The Morgan fingerprint density at radius 2 is 0.828 bits per heavy atom. The maximum atomic E-state index is 6.88. The summed E-state index contributed by atoms with van der Waals surface area (Å²) in [4.78, 5) is 2.42. The van der Waals surface area contributed by atoms with Crippen molar-refractivity contribution < 1.29 is 4.42 Å². The molecule has 0 spiro atoms. The maximum absolute atomic E-state index is 6.88. The number of nitrogens with zero attached hydrogens (tertiary/aromatic N) is 1. The molecule has 0 atom stereocenters. The molecule has 0 fully saturated rings. The van der Waals surface area contributed by atoms with E-state index in [4.69, 9.17) is 4.42 Å². The minimum Gasteiger partial charge on any atom is -0.455 e. The molecule has 0 amide bonds. The van der Waals surface area contributed by atoms with Gasteiger partial charge in [-0.1, -0.05) is 182 Å². The number of rotatable bonds is 7. The van der Waals surface area contributed by atoms with E-state index < -0.39 is 0 Å². The van der Waals surface area contributed by atoms with Crippen LogP contribution in [-0.4, -0.2) is 0 Å². The van der Waals surface area contributed by atoms with Crippen LogP contribution in [0.2, 0.25) is 0 Å². The Kier molecular flexibility index (Phi) is 8.19. The molecule has 2 nitrogen and oxygen atoms in total. The minimum absolute atomic E-state index is 0.862. The molecule has 58 heavy (non-hydrogen) atoms. The van der Waals surface area contributed by atoms with Gasteiger partial charge in [0.25, 0.3) is 0 Å². The van der Waals surface area contributed by atoms with Gasteiger partial charge in [-0.05, 0) is 103 Å². The van der Waals surface area contributed by atoms with E-state index in [1.807, 2.05) is 0 Å². The summed E-state index contributed by atoms with van der Waals surface area (Å²) >= 11 is 0. The first kappa shape index (κ1) is 33.6. The molecule has 0 aliphatic heterocycles. The molecule has 0 N–H and O–H groups in total. The summed E-state index contributed by atoms with van der Waals surface area (Å²) in [6.45, 7) is 0. The van der Waals surface area contributed by atoms with Gasteiger partial charge in [0.05, 0.1) is 11.1 Å². The molecule has 0 saturated heterocycles. The highest BCUT2D eigenvalue weighted by Gasteiger charge is 2.24. The fourth-order valence-corrected chi connectivity index (χ4v) is 8.66. The van der Waals surface area contributed by atoms with Crippen LogP contribution in [0.3, 0.4) is 0 Å². The van der Waals surface area contributed by atoms with Crippen molar-refractivity contribution in [3.63, 3.8) is 0 Å². The number of hydrogen-bond donors (Lipinski definition) is 0. The van der Waals surface area contributed by atoms with Gasteiger partial charge in [-0.2, -0.15) is 0 Å². The Labute approximate surface area is 337 Å². The summed E-state index contributed by atoms with van der Waals surface area (Å²) in [6.07, 6.45) is 0. The predicted molar refractivity (Wildman–Crippen MR) is 245 cm³/mol. The zero-order chi connectivity index (χ0) is 38.4. The Hall–Kier alpha value is -7.68. The molecular weight excluding hydrogens is 703 g/mol. The summed E-state index contributed by atoms with van der Waals surface area (Å²) in [5, 5.41) is 7.07. The number of benzene rings is 10. The Bertz CT molecular complexity index is 3260. The van der Waals surface area contributed by atoms with Crippen molar-refractivity contribution in [1.82, 2.24) is 0 Å². The summed E-state index contributed by atoms with van der Waals surface area (Å²) in [7, 11) is 0. The van der Waals surface area contributed by atoms with Crippen LogP contribution in [0.25, 0.3) is 88.0 Å². The summed E-state index contributed by atoms with van der Waals surface area (Å²) in [5.41, 5.74) is 14.2. The minimum atomic E-state index is 0.862. The number of furan rings is 1. The largest absolute Gasteiger partial charge is 0.455 e. The zero-order valence-corrected chi connectivity index (χ0v) is 31.7. The second-order valence-electron chi connectivity index (χ2n) is 14.9. The second-order valence-corrected chi connectivity index (χ2v) is 14.9. The lowest BCUT2D eigenvalue weighted by Crippen LogP contribution is -2.11. The van der Waals surface area contributed by atoms with Gasteiger partial charge in [0, 0.05) is 22.3 Å². The maximum Gasteiger partial charge on any atom is 0.145 e. The third-order valence-corrected chi connectivity index (χ3v) is 11.5. The van der Waals surface area contributed by atoms with Crippen molar-refractivity contribution in [2.24, 2.45) is 0 Å². The molecule has 272 valence electrons. The lowest BCUT2D eigenvalue weighted by molar-refractivity contribution is 0.670. The van der Waals surface area contributed by atoms with Gasteiger partial charge in [0.2, 0.25) is 0 Å². The lowest BCUT2D eigenvalue weighted by atomic mass is 9.93. The first-order chi connectivity index (χ1) is 28.8. The van der Waals surface area contributed by atoms with Gasteiger partial charge in [0.15, 0.2) is 0 Å². The number of fused-ring (bicyclic) bond motifs is 6. The Morgan fingerprint density at radius 3 is 1.59 bits per heavy atom. The highest BCUT2D eigenvalue weighted by Crippen LogP contribution is 2.48. The van der Waals surface area contributed by atoms with Crippen molar-refractivity contribution in [3.8, 4) is 44.5 Å². The standard InChI is InChI=1S/C56H37NO/c1-4-14-38(15-5-1)39-24-26-43(27-25-39)50-34-35-53(55-51-22-12-13-23-54(51)58-56(50)55)57(45-30-33-49-44(36-45)29-28-42-20-10-11-21-47(42)49)46-31-32-48(40-16-6-2-7-17-40)52(37-46)41-18-8-3-9-19-41/h1-37H. The molecule has 0 bridgehead atoms. The van der Waals surface area contributed by atoms with Crippen LogP contribution in [0, 0.1) is 0 Å². The zero-order valence-electron chi connectivity index (χ0n) is 31.7. The molecule has 0 saturated carbocycles. The molecular formula is C56H37NO. The molecule has 1 heterocycles. The van der Waals surface area contributed by atoms with E-state index in [-0.39, 0.29) is 0 Å². The van der Waals surface area contributed by atoms with Crippen molar-refractivity contribution in [2.75, 3.05) is 4.90 Å².